The van der Waals surface area contributed by atoms with E-state index in [1.807, 2.05) is 0 Å². The number of sulfone groups is 1. The van der Waals surface area contributed by atoms with Gasteiger partial charge in [-0.15, -0.1) is 0 Å². The third-order valence-electron chi connectivity index (χ3n) is 4.72. The molecule has 2 aromatic carbocycles. The van der Waals surface area contributed by atoms with Crippen LogP contribution in [0.25, 0.3) is 0 Å². The van der Waals surface area contributed by atoms with Crippen LogP contribution in [0.15, 0.2) is 59.5 Å². The number of carbonyl (C=O) groups excluding carboxylic acids is 1. The number of amides is 1. The maximum atomic E-state index is 13.9. The molecule has 0 radical (unpaired) electrons. The Morgan fingerprint density at radius 2 is 1.60 bits per heavy atom. The van der Waals surface area contributed by atoms with E-state index in [0.717, 1.165) is 6.26 Å². The fourth-order valence-corrected chi connectivity index (χ4v) is 6.34. The first kappa shape index (κ1) is 24.3. The average molecular weight is 453 g/mol. The lowest BCUT2D eigenvalue weighted by molar-refractivity contribution is -0.119. The van der Waals surface area contributed by atoms with Gasteiger partial charge in [0.15, 0.2) is 15.0 Å². The standard InChI is InChI=1S/C21H28NO6PS/c1-5-21(17-12-9-8-10-13-17,29(24,27-6-2)28-7-3)20(23)22-18-14-11-15-19(16-18)30(4,25)26/h8-16H,5-7H2,1-4H3,(H,22,23). The molecule has 2 rings (SSSR count). The van der Waals surface area contributed by atoms with E-state index >= 15 is 0 Å². The second-order valence-electron chi connectivity index (χ2n) is 6.67. The summed E-state index contributed by atoms with van der Waals surface area (Å²) < 4.78 is 48.9. The number of carbonyl (C=O) groups is 1. The lowest BCUT2D eigenvalue weighted by Gasteiger charge is -2.37. The first-order valence-corrected chi connectivity index (χ1v) is 13.1. The van der Waals surface area contributed by atoms with Crippen molar-refractivity contribution in [2.45, 2.75) is 37.2 Å². The van der Waals surface area contributed by atoms with Crippen LogP contribution in [0.1, 0.15) is 32.8 Å². The van der Waals surface area contributed by atoms with Gasteiger partial charge in [0, 0.05) is 11.9 Å². The fourth-order valence-electron chi connectivity index (χ4n) is 3.32. The van der Waals surface area contributed by atoms with Crippen LogP contribution in [0.2, 0.25) is 0 Å². The minimum absolute atomic E-state index is 0.0694. The molecule has 0 saturated heterocycles. The smallest absolute Gasteiger partial charge is 0.325 e. The van der Waals surface area contributed by atoms with Crippen molar-refractivity contribution in [1.29, 1.82) is 0 Å². The van der Waals surface area contributed by atoms with Gasteiger partial charge in [-0.2, -0.15) is 0 Å². The Morgan fingerprint density at radius 1 is 1.00 bits per heavy atom. The highest BCUT2D eigenvalue weighted by molar-refractivity contribution is 7.90. The zero-order valence-electron chi connectivity index (χ0n) is 17.6. The number of hydrogen-bond donors (Lipinski definition) is 1. The largest absolute Gasteiger partial charge is 0.350 e. The molecule has 1 N–H and O–H groups in total. The van der Waals surface area contributed by atoms with Gasteiger partial charge in [0.1, 0.15) is 0 Å². The van der Waals surface area contributed by atoms with Crippen molar-refractivity contribution in [3.63, 3.8) is 0 Å². The molecule has 0 heterocycles. The van der Waals surface area contributed by atoms with Crippen molar-refractivity contribution in [2.75, 3.05) is 24.8 Å². The van der Waals surface area contributed by atoms with Crippen molar-refractivity contribution in [3.8, 4) is 0 Å². The van der Waals surface area contributed by atoms with Gasteiger partial charge in [-0.3, -0.25) is 9.36 Å². The van der Waals surface area contributed by atoms with Crippen LogP contribution in [0.3, 0.4) is 0 Å². The lowest BCUT2D eigenvalue weighted by atomic mass is 9.94. The summed E-state index contributed by atoms with van der Waals surface area (Å²) >= 11 is 0. The predicted octanol–water partition coefficient (Wildman–Crippen LogP) is 4.60. The Balaban J connectivity index is 2.62. The summed E-state index contributed by atoms with van der Waals surface area (Å²) in [7, 11) is -7.41. The number of benzene rings is 2. The molecule has 0 aliphatic carbocycles. The number of anilines is 1. The maximum absolute atomic E-state index is 13.9. The zero-order valence-corrected chi connectivity index (χ0v) is 19.3. The summed E-state index contributed by atoms with van der Waals surface area (Å²) in [6, 6.07) is 14.6. The minimum atomic E-state index is -3.95. The second-order valence-corrected chi connectivity index (χ2v) is 11.0. The van der Waals surface area contributed by atoms with E-state index < -0.39 is 28.5 Å². The maximum Gasteiger partial charge on any atom is 0.350 e. The SMILES string of the molecule is CCOP(=O)(OCC)C(CC)(C(=O)Nc1cccc(S(C)(=O)=O)c1)c1ccccc1. The Kier molecular flexibility index (Phi) is 7.99. The Bertz CT molecular complexity index is 1010. The van der Waals surface area contributed by atoms with E-state index in [2.05, 4.69) is 5.32 Å². The van der Waals surface area contributed by atoms with Gasteiger partial charge in [0.05, 0.1) is 18.1 Å². The first-order valence-electron chi connectivity index (χ1n) is 9.71. The molecule has 0 aliphatic rings. The summed E-state index contributed by atoms with van der Waals surface area (Å²) in [5, 5.41) is 1.12. The van der Waals surface area contributed by atoms with E-state index in [9.17, 15) is 17.8 Å². The molecule has 0 aromatic heterocycles. The highest BCUT2D eigenvalue weighted by Gasteiger charge is 2.56. The van der Waals surface area contributed by atoms with Gasteiger partial charge in [-0.1, -0.05) is 43.3 Å². The van der Waals surface area contributed by atoms with Gasteiger partial charge >= 0.3 is 7.60 Å². The average Bonchev–Trinajstić information content (AvgIpc) is 2.69. The molecule has 0 bridgehead atoms. The van der Waals surface area contributed by atoms with E-state index in [1.54, 1.807) is 57.2 Å². The summed E-state index contributed by atoms with van der Waals surface area (Å²) in [5.41, 5.74) is 0.769. The minimum Gasteiger partial charge on any atom is -0.325 e. The highest BCUT2D eigenvalue weighted by atomic mass is 32.2. The first-order chi connectivity index (χ1) is 14.1. The number of nitrogens with one attached hydrogen (secondary N) is 1. The predicted molar refractivity (Wildman–Crippen MR) is 117 cm³/mol. The van der Waals surface area contributed by atoms with Crippen LogP contribution in [-0.2, 0) is 33.4 Å². The van der Waals surface area contributed by atoms with Crippen molar-refractivity contribution in [1.82, 2.24) is 0 Å². The second kappa shape index (κ2) is 9.88. The van der Waals surface area contributed by atoms with Gasteiger partial charge in [-0.25, -0.2) is 8.42 Å². The van der Waals surface area contributed by atoms with E-state index in [-0.39, 0.29) is 30.2 Å². The molecule has 1 atom stereocenters. The summed E-state index contributed by atoms with van der Waals surface area (Å²) in [4.78, 5) is 13.7. The van der Waals surface area contributed by atoms with Crippen molar-refractivity contribution < 1.29 is 26.8 Å². The molecule has 0 fully saturated rings. The zero-order chi connectivity index (χ0) is 22.4. The topological polar surface area (TPSA) is 98.8 Å². The molecule has 9 heteroatoms. The Labute approximate surface area is 178 Å². The third kappa shape index (κ3) is 4.83. The van der Waals surface area contributed by atoms with Crippen LogP contribution in [0.4, 0.5) is 5.69 Å². The summed E-state index contributed by atoms with van der Waals surface area (Å²) in [6.45, 7) is 5.31. The molecular weight excluding hydrogens is 425 g/mol. The van der Waals surface area contributed by atoms with Gasteiger partial charge in [0.2, 0.25) is 5.91 Å². The van der Waals surface area contributed by atoms with Crippen LogP contribution in [0.5, 0.6) is 0 Å². The fraction of sp³-hybridized carbons (Fsp3) is 0.381. The number of hydrogen-bond acceptors (Lipinski definition) is 6. The Hall–Kier alpha value is -1.99. The summed E-state index contributed by atoms with van der Waals surface area (Å²) in [5.74, 6) is -0.591. The molecule has 0 saturated carbocycles. The molecular formula is C21H28NO6PS. The summed E-state index contributed by atoms with van der Waals surface area (Å²) in [6.07, 6.45) is 1.23. The lowest BCUT2D eigenvalue weighted by Crippen LogP contribution is -2.41. The van der Waals surface area contributed by atoms with Crippen LogP contribution < -0.4 is 5.32 Å². The third-order valence-corrected chi connectivity index (χ3v) is 8.74. The van der Waals surface area contributed by atoms with Crippen molar-refractivity contribution in [2.24, 2.45) is 0 Å². The molecule has 7 nitrogen and oxygen atoms in total. The molecule has 30 heavy (non-hydrogen) atoms. The number of rotatable bonds is 10. The van der Waals surface area contributed by atoms with Crippen LogP contribution in [0, 0.1) is 0 Å². The van der Waals surface area contributed by atoms with Gasteiger partial charge in [0.25, 0.3) is 0 Å². The van der Waals surface area contributed by atoms with Crippen LogP contribution in [-0.4, -0.2) is 33.8 Å². The Morgan fingerprint density at radius 3 is 2.10 bits per heavy atom. The normalized spacial score (nSPS) is 14.1. The van der Waals surface area contributed by atoms with Crippen LogP contribution >= 0.6 is 7.60 Å². The molecule has 2 aromatic rings. The molecule has 164 valence electrons. The molecule has 1 amide bonds. The van der Waals surface area contributed by atoms with Crippen molar-refractivity contribution >= 4 is 29.0 Å². The van der Waals surface area contributed by atoms with Gasteiger partial charge in [-0.05, 0) is 44.0 Å². The molecule has 0 spiro atoms. The highest BCUT2D eigenvalue weighted by Crippen LogP contribution is 2.66. The molecule has 1 unspecified atom stereocenters. The van der Waals surface area contributed by atoms with Gasteiger partial charge < -0.3 is 14.4 Å². The van der Waals surface area contributed by atoms with Crippen molar-refractivity contribution in [3.05, 3.63) is 60.2 Å². The quantitative estimate of drug-likeness (QED) is 0.528. The van der Waals surface area contributed by atoms with E-state index in [1.165, 1.54) is 18.2 Å². The molecule has 0 aliphatic heterocycles. The monoisotopic (exact) mass is 453 g/mol. The van der Waals surface area contributed by atoms with E-state index in [0.29, 0.717) is 5.56 Å². The van der Waals surface area contributed by atoms with E-state index in [4.69, 9.17) is 9.05 Å².